The minimum absolute atomic E-state index is 0.0487. The predicted molar refractivity (Wildman–Crippen MR) is 95.4 cm³/mol. The minimum Gasteiger partial charge on any atom is -0.338 e. The lowest BCUT2D eigenvalue weighted by Crippen LogP contribution is -2.43. The highest BCUT2D eigenvalue weighted by Gasteiger charge is 2.14. The number of hydrogen-bond donors (Lipinski definition) is 2. The summed E-state index contributed by atoms with van der Waals surface area (Å²) < 4.78 is 1.77. The van der Waals surface area contributed by atoms with E-state index in [0.717, 1.165) is 10.9 Å². The van der Waals surface area contributed by atoms with Gasteiger partial charge in [-0.3, -0.25) is 30.6 Å². The molecule has 0 aliphatic heterocycles. The summed E-state index contributed by atoms with van der Waals surface area (Å²) in [4.78, 5) is 34.5. The third kappa shape index (κ3) is 3.54. The fourth-order valence-electron chi connectivity index (χ4n) is 2.67. The number of amides is 2. The Bertz CT molecular complexity index is 1010. The molecule has 0 unspecified atom stereocenters. The van der Waals surface area contributed by atoms with Gasteiger partial charge in [-0.05, 0) is 36.6 Å². The number of carbonyl (C=O) groups is 2. The lowest BCUT2D eigenvalue weighted by atomic mass is 10.1. The van der Waals surface area contributed by atoms with Crippen molar-refractivity contribution in [1.82, 2.24) is 15.4 Å². The predicted octanol–water partition coefficient (Wildman–Crippen LogP) is 2.32. The van der Waals surface area contributed by atoms with E-state index in [0.29, 0.717) is 5.56 Å². The first-order chi connectivity index (χ1) is 12.5. The molecular weight excluding hydrogens is 336 g/mol. The Morgan fingerprint density at radius 1 is 1.12 bits per heavy atom. The van der Waals surface area contributed by atoms with Gasteiger partial charge in [0.15, 0.2) is 0 Å². The van der Waals surface area contributed by atoms with Crippen molar-refractivity contribution in [1.29, 1.82) is 0 Å². The number of para-hydroxylation sites is 1. The summed E-state index contributed by atoms with van der Waals surface area (Å²) in [6.07, 6.45) is 1.80. The second kappa shape index (κ2) is 7.06. The number of nitrogens with zero attached hydrogens (tertiary/aromatic N) is 2. The number of aromatic nitrogens is 1. The maximum atomic E-state index is 12.1. The summed E-state index contributed by atoms with van der Waals surface area (Å²) in [5, 5.41) is 11.8. The van der Waals surface area contributed by atoms with Gasteiger partial charge in [-0.15, -0.1) is 0 Å². The quantitative estimate of drug-likeness (QED) is 0.555. The molecule has 0 radical (unpaired) electrons. The number of nitro benzene ring substituents is 1. The number of fused-ring (bicyclic) bond motifs is 1. The van der Waals surface area contributed by atoms with Crippen molar-refractivity contribution >= 4 is 28.4 Å². The highest BCUT2D eigenvalue weighted by molar-refractivity contribution is 5.96. The molecule has 2 N–H and O–H groups in total. The number of nitrogens with one attached hydrogen (secondary N) is 2. The number of aryl methyl sites for hydroxylation is 1. The molecule has 1 heterocycles. The molecule has 8 nitrogen and oxygen atoms in total. The van der Waals surface area contributed by atoms with E-state index in [4.69, 9.17) is 0 Å². The van der Waals surface area contributed by atoms with Crippen molar-refractivity contribution in [3.63, 3.8) is 0 Å². The summed E-state index contributed by atoms with van der Waals surface area (Å²) in [6, 6.07) is 13.6. The number of nitro groups is 1. The molecular formula is C18H16N4O4. The van der Waals surface area contributed by atoms with Crippen LogP contribution < -0.4 is 10.9 Å². The summed E-state index contributed by atoms with van der Waals surface area (Å²) in [5.41, 5.74) is 6.10. The molecule has 0 fully saturated rings. The maximum Gasteiger partial charge on any atom is 0.272 e. The number of rotatable bonds is 4. The molecule has 0 saturated carbocycles. The molecule has 0 aliphatic carbocycles. The van der Waals surface area contributed by atoms with E-state index < -0.39 is 16.7 Å². The van der Waals surface area contributed by atoms with Crippen LogP contribution in [0.25, 0.3) is 10.9 Å². The largest absolute Gasteiger partial charge is 0.338 e. The Kier molecular flexibility index (Phi) is 4.66. The number of hydrazine groups is 1. The standard InChI is InChI=1S/C18H16N4O4/c1-12-10-14(6-7-15(12)22(25)26)18(24)20-19-17(23)11-21-9-8-13-4-2-3-5-16(13)21/h2-10H,11H2,1H3,(H,19,23)(H,20,24). The van der Waals surface area contributed by atoms with E-state index in [9.17, 15) is 19.7 Å². The van der Waals surface area contributed by atoms with Crippen molar-refractivity contribution in [2.24, 2.45) is 0 Å². The molecule has 0 bridgehead atoms. The first-order valence-electron chi connectivity index (χ1n) is 7.84. The number of hydrogen-bond acceptors (Lipinski definition) is 4. The Hall–Kier alpha value is -3.68. The van der Waals surface area contributed by atoms with Crippen molar-refractivity contribution in [2.45, 2.75) is 13.5 Å². The van der Waals surface area contributed by atoms with Crippen LogP contribution >= 0.6 is 0 Å². The molecule has 0 aliphatic rings. The van der Waals surface area contributed by atoms with Gasteiger partial charge < -0.3 is 4.57 Å². The molecule has 1 aromatic heterocycles. The van der Waals surface area contributed by atoms with Gasteiger partial charge in [0, 0.05) is 28.9 Å². The zero-order valence-corrected chi connectivity index (χ0v) is 13.9. The summed E-state index contributed by atoms with van der Waals surface area (Å²) in [7, 11) is 0. The highest BCUT2D eigenvalue weighted by Crippen LogP contribution is 2.18. The zero-order chi connectivity index (χ0) is 18.7. The van der Waals surface area contributed by atoms with Gasteiger partial charge in [-0.2, -0.15) is 0 Å². The van der Waals surface area contributed by atoms with E-state index >= 15 is 0 Å². The Balaban J connectivity index is 1.61. The molecule has 132 valence electrons. The van der Waals surface area contributed by atoms with Crippen LogP contribution in [0.4, 0.5) is 5.69 Å². The van der Waals surface area contributed by atoms with Gasteiger partial charge in [0.2, 0.25) is 0 Å². The fraction of sp³-hybridized carbons (Fsp3) is 0.111. The van der Waals surface area contributed by atoms with E-state index in [1.54, 1.807) is 17.7 Å². The second-order valence-electron chi connectivity index (χ2n) is 5.76. The van der Waals surface area contributed by atoms with Gasteiger partial charge in [0.05, 0.1) is 4.92 Å². The first kappa shape index (κ1) is 17.2. The maximum absolute atomic E-state index is 12.1. The molecule has 0 saturated heterocycles. The first-order valence-corrected chi connectivity index (χ1v) is 7.84. The topological polar surface area (TPSA) is 106 Å². The highest BCUT2D eigenvalue weighted by atomic mass is 16.6. The van der Waals surface area contributed by atoms with Gasteiger partial charge in [-0.25, -0.2) is 0 Å². The van der Waals surface area contributed by atoms with Gasteiger partial charge >= 0.3 is 0 Å². The lowest BCUT2D eigenvalue weighted by molar-refractivity contribution is -0.385. The molecule has 2 amide bonds. The van der Waals surface area contributed by atoms with Gasteiger partial charge in [0.25, 0.3) is 17.5 Å². The van der Waals surface area contributed by atoms with Crippen LogP contribution in [0.15, 0.2) is 54.7 Å². The van der Waals surface area contributed by atoms with Crippen molar-refractivity contribution in [2.75, 3.05) is 0 Å². The average Bonchev–Trinajstić information content (AvgIpc) is 3.02. The summed E-state index contributed by atoms with van der Waals surface area (Å²) in [5.74, 6) is -0.938. The van der Waals surface area contributed by atoms with E-state index in [1.165, 1.54) is 18.2 Å². The average molecular weight is 352 g/mol. The van der Waals surface area contributed by atoms with Crippen LogP contribution in [0.5, 0.6) is 0 Å². The summed E-state index contributed by atoms with van der Waals surface area (Å²) >= 11 is 0. The Labute approximate surface area is 148 Å². The zero-order valence-electron chi connectivity index (χ0n) is 13.9. The van der Waals surface area contributed by atoms with Crippen LogP contribution in [-0.2, 0) is 11.3 Å². The molecule has 26 heavy (non-hydrogen) atoms. The normalized spacial score (nSPS) is 10.5. The van der Waals surface area contributed by atoms with Crippen molar-refractivity contribution in [3.8, 4) is 0 Å². The second-order valence-corrected chi connectivity index (χ2v) is 5.76. The van der Waals surface area contributed by atoms with Crippen LogP contribution in [0, 0.1) is 17.0 Å². The molecule has 3 rings (SSSR count). The molecule has 2 aromatic carbocycles. The lowest BCUT2D eigenvalue weighted by Gasteiger charge is -2.09. The van der Waals surface area contributed by atoms with Crippen LogP contribution in [0.1, 0.15) is 15.9 Å². The molecule has 0 spiro atoms. The van der Waals surface area contributed by atoms with Crippen molar-refractivity contribution < 1.29 is 14.5 Å². The van der Waals surface area contributed by atoms with Gasteiger partial charge in [-0.1, -0.05) is 18.2 Å². The monoisotopic (exact) mass is 352 g/mol. The number of benzene rings is 2. The fourth-order valence-corrected chi connectivity index (χ4v) is 2.67. The Morgan fingerprint density at radius 3 is 2.62 bits per heavy atom. The van der Waals surface area contributed by atoms with E-state index in [2.05, 4.69) is 10.9 Å². The third-order valence-corrected chi connectivity index (χ3v) is 3.97. The molecule has 8 heteroatoms. The van der Waals surface area contributed by atoms with E-state index in [-0.39, 0.29) is 17.8 Å². The third-order valence-electron chi connectivity index (χ3n) is 3.97. The van der Waals surface area contributed by atoms with Crippen molar-refractivity contribution in [3.05, 3.63) is 76.0 Å². The molecule has 0 atom stereocenters. The minimum atomic E-state index is -0.547. The van der Waals surface area contributed by atoms with Crippen LogP contribution in [0.3, 0.4) is 0 Å². The van der Waals surface area contributed by atoms with E-state index in [1.807, 2.05) is 30.3 Å². The van der Waals surface area contributed by atoms with Gasteiger partial charge in [0.1, 0.15) is 6.54 Å². The van der Waals surface area contributed by atoms with Crippen LogP contribution in [0.2, 0.25) is 0 Å². The number of carbonyl (C=O) groups excluding carboxylic acids is 2. The summed E-state index contributed by atoms with van der Waals surface area (Å²) in [6.45, 7) is 1.59. The molecule has 3 aromatic rings. The SMILES string of the molecule is Cc1cc(C(=O)NNC(=O)Cn2ccc3ccccc32)ccc1[N+](=O)[O-]. The van der Waals surface area contributed by atoms with Crippen LogP contribution in [-0.4, -0.2) is 21.3 Å². The Morgan fingerprint density at radius 2 is 1.88 bits per heavy atom. The smallest absolute Gasteiger partial charge is 0.272 e.